The highest BCUT2D eigenvalue weighted by molar-refractivity contribution is 6.36. The number of hydrogen-bond donors (Lipinski definition) is 5. The average molecular weight is 433 g/mol. The van der Waals surface area contributed by atoms with Crippen LogP contribution in [0.1, 0.15) is 10.4 Å². The molecule has 11 heteroatoms. The molecule has 0 radical (unpaired) electrons. The predicted octanol–water partition coefficient (Wildman–Crippen LogP) is -0.546. The molecule has 1 heterocycles. The lowest BCUT2D eigenvalue weighted by Gasteiger charge is -2.42. The summed E-state index contributed by atoms with van der Waals surface area (Å²) in [7, 11) is 2.12. The van der Waals surface area contributed by atoms with Gasteiger partial charge in [0, 0.05) is 12.7 Å². The largest absolute Gasteiger partial charge is 0.506 e. The van der Waals surface area contributed by atoms with E-state index in [9.17, 15) is 35.1 Å². The lowest BCUT2D eigenvalue weighted by Crippen LogP contribution is -2.67. The molecule has 156 valence electrons. The van der Waals surface area contributed by atoms with Gasteiger partial charge in [0.2, 0.25) is 0 Å². The van der Waals surface area contributed by atoms with Gasteiger partial charge in [0.25, 0.3) is 11.5 Å². The monoisotopic (exact) mass is 432 g/mol. The Morgan fingerprint density at radius 3 is 2.23 bits per heavy atom. The molecule has 2 aromatic carbocycles. The van der Waals surface area contributed by atoms with Crippen molar-refractivity contribution in [3.63, 3.8) is 0 Å². The minimum absolute atomic E-state index is 0.0144. The Bertz CT molecular complexity index is 1190. The third-order valence-electron chi connectivity index (χ3n) is 4.85. The van der Waals surface area contributed by atoms with Gasteiger partial charge in [-0.3, -0.25) is 14.5 Å². The predicted molar refractivity (Wildman–Crippen MR) is 112 cm³/mol. The van der Waals surface area contributed by atoms with Crippen LogP contribution in [0.15, 0.2) is 53.3 Å². The van der Waals surface area contributed by atoms with Crippen molar-refractivity contribution in [2.75, 3.05) is 4.90 Å². The van der Waals surface area contributed by atoms with Crippen molar-refractivity contribution in [1.29, 1.82) is 0 Å². The Balaban J connectivity index is 2.36. The number of nitrogens with zero attached hydrogens (tertiary/aromatic N) is 2. The summed E-state index contributed by atoms with van der Waals surface area (Å²) in [4.78, 5) is 26.7. The summed E-state index contributed by atoms with van der Waals surface area (Å²) in [6, 6.07) is 11.7. The molecule has 30 heavy (non-hydrogen) atoms. The van der Waals surface area contributed by atoms with E-state index in [1.165, 1.54) is 43.4 Å². The Morgan fingerprint density at radius 2 is 1.67 bits per heavy atom. The standard InChI is InChI=1S/C19H18BClN2O7/c1-22-12-9-5-8-11(21)13(12)15(24)14(16(22)25)17(26)23(10-6-3-2-4-7-10)18(20,27)19(28,29)30/h2-9,24,27-30H,20H2,1H3. The molecule has 0 aliphatic heterocycles. The van der Waals surface area contributed by atoms with E-state index in [1.54, 1.807) is 12.1 Å². The maximum Gasteiger partial charge on any atom is 0.316 e. The second-order valence-corrected chi connectivity index (χ2v) is 7.26. The van der Waals surface area contributed by atoms with Crippen LogP contribution in [0.4, 0.5) is 5.69 Å². The maximum absolute atomic E-state index is 13.4. The second-order valence-electron chi connectivity index (χ2n) is 6.85. The Labute approximate surface area is 176 Å². The number of anilines is 1. The van der Waals surface area contributed by atoms with Gasteiger partial charge >= 0.3 is 5.97 Å². The number of para-hydroxylation sites is 1. The van der Waals surface area contributed by atoms with E-state index < -0.39 is 34.4 Å². The van der Waals surface area contributed by atoms with E-state index in [4.69, 9.17) is 11.6 Å². The number of fused-ring (bicyclic) bond motifs is 1. The highest BCUT2D eigenvalue weighted by Gasteiger charge is 2.51. The fraction of sp³-hybridized carbons (Fsp3) is 0.158. The van der Waals surface area contributed by atoms with Crippen LogP contribution in [-0.2, 0) is 7.05 Å². The number of aromatic hydroxyl groups is 1. The molecule has 1 amide bonds. The second kappa shape index (κ2) is 7.42. The van der Waals surface area contributed by atoms with Crippen LogP contribution in [0.5, 0.6) is 5.75 Å². The summed E-state index contributed by atoms with van der Waals surface area (Å²) < 4.78 is 1.08. The summed E-state index contributed by atoms with van der Waals surface area (Å²) in [5.74, 6) is -5.82. The highest BCUT2D eigenvalue weighted by Crippen LogP contribution is 2.35. The van der Waals surface area contributed by atoms with E-state index in [1.807, 2.05) is 0 Å². The molecule has 1 aromatic heterocycles. The summed E-state index contributed by atoms with van der Waals surface area (Å²) in [5, 5.41) is 50.5. The van der Waals surface area contributed by atoms with Crippen LogP contribution in [-0.4, -0.2) is 55.5 Å². The third kappa shape index (κ3) is 3.34. The molecule has 3 aromatic rings. The van der Waals surface area contributed by atoms with Crippen LogP contribution >= 0.6 is 11.6 Å². The van der Waals surface area contributed by atoms with Crippen LogP contribution in [0, 0.1) is 0 Å². The van der Waals surface area contributed by atoms with Crippen molar-refractivity contribution >= 4 is 41.9 Å². The first-order valence-electron chi connectivity index (χ1n) is 8.69. The van der Waals surface area contributed by atoms with Crippen molar-refractivity contribution in [2.24, 2.45) is 7.05 Å². The SMILES string of the molecule is BC(O)(N(C(=O)c1c(O)c2c(Cl)cccc2n(C)c1=O)c1ccccc1)C(O)(O)O. The minimum Gasteiger partial charge on any atom is -0.506 e. The van der Waals surface area contributed by atoms with Crippen LogP contribution in [0.25, 0.3) is 10.9 Å². The Kier molecular flexibility index (Phi) is 5.40. The first-order valence-corrected chi connectivity index (χ1v) is 9.06. The number of aryl methyl sites for hydroxylation is 1. The zero-order valence-corrected chi connectivity index (χ0v) is 16.7. The number of carbonyl (C=O) groups excluding carboxylic acids is 1. The van der Waals surface area contributed by atoms with E-state index in [2.05, 4.69) is 0 Å². The smallest absolute Gasteiger partial charge is 0.316 e. The highest BCUT2D eigenvalue weighted by atomic mass is 35.5. The third-order valence-corrected chi connectivity index (χ3v) is 5.16. The first-order chi connectivity index (χ1) is 13.9. The summed E-state index contributed by atoms with van der Waals surface area (Å²) in [6.07, 6.45) is 0. The quantitative estimate of drug-likeness (QED) is 0.275. The van der Waals surface area contributed by atoms with Crippen LogP contribution in [0.2, 0.25) is 5.02 Å². The summed E-state index contributed by atoms with van der Waals surface area (Å²) in [6.45, 7) is 0. The molecule has 3 rings (SSSR count). The fourth-order valence-electron chi connectivity index (χ4n) is 3.13. The van der Waals surface area contributed by atoms with Gasteiger partial charge in [-0.1, -0.05) is 35.9 Å². The number of aliphatic hydroxyl groups is 4. The van der Waals surface area contributed by atoms with Gasteiger partial charge in [-0.2, -0.15) is 0 Å². The van der Waals surface area contributed by atoms with Gasteiger partial charge in [0.1, 0.15) is 11.3 Å². The fourth-order valence-corrected chi connectivity index (χ4v) is 3.39. The number of rotatable bonds is 4. The lowest BCUT2D eigenvalue weighted by atomic mass is 9.85. The van der Waals surface area contributed by atoms with Gasteiger partial charge in [-0.25, -0.2) is 0 Å². The van der Waals surface area contributed by atoms with E-state index in [0.717, 1.165) is 12.4 Å². The molecule has 0 saturated heterocycles. The van der Waals surface area contributed by atoms with Crippen LogP contribution in [0.3, 0.4) is 0 Å². The van der Waals surface area contributed by atoms with Crippen molar-refractivity contribution in [3.8, 4) is 5.75 Å². The van der Waals surface area contributed by atoms with Crippen LogP contribution < -0.4 is 10.5 Å². The van der Waals surface area contributed by atoms with Crippen molar-refractivity contribution in [1.82, 2.24) is 4.57 Å². The van der Waals surface area contributed by atoms with E-state index in [-0.39, 0.29) is 21.6 Å². The number of halogens is 1. The van der Waals surface area contributed by atoms with Gasteiger partial charge < -0.3 is 30.1 Å². The summed E-state index contributed by atoms with van der Waals surface area (Å²) in [5.41, 5.74) is -4.57. The van der Waals surface area contributed by atoms with Gasteiger partial charge in [-0.05, 0) is 24.3 Å². The molecule has 0 fully saturated rings. The molecule has 9 nitrogen and oxygen atoms in total. The molecule has 0 aliphatic carbocycles. The first kappa shape index (κ1) is 21.8. The molecule has 0 aliphatic rings. The maximum atomic E-state index is 13.4. The number of pyridine rings is 1. The van der Waals surface area contributed by atoms with E-state index in [0.29, 0.717) is 4.90 Å². The normalized spacial score (nSPS) is 13.8. The van der Waals surface area contributed by atoms with Gasteiger partial charge in [0.15, 0.2) is 13.5 Å². The molecular weight excluding hydrogens is 414 g/mol. The Morgan fingerprint density at radius 1 is 1.07 bits per heavy atom. The number of aromatic nitrogens is 1. The molecular formula is C19H18BClN2O7. The van der Waals surface area contributed by atoms with E-state index >= 15 is 0 Å². The minimum atomic E-state index is -3.77. The number of carbonyl (C=O) groups is 1. The number of amides is 1. The molecule has 1 atom stereocenters. The van der Waals surface area contributed by atoms with Gasteiger partial charge in [-0.15, -0.1) is 0 Å². The molecule has 1 unspecified atom stereocenters. The lowest BCUT2D eigenvalue weighted by molar-refractivity contribution is -0.366. The van der Waals surface area contributed by atoms with Crippen molar-refractivity contribution in [2.45, 2.75) is 11.6 Å². The molecule has 0 spiro atoms. The number of hydrogen-bond acceptors (Lipinski definition) is 7. The zero-order valence-electron chi connectivity index (χ0n) is 15.9. The number of benzene rings is 2. The molecule has 0 saturated carbocycles. The van der Waals surface area contributed by atoms with Crippen molar-refractivity contribution in [3.05, 3.63) is 69.5 Å². The molecule has 5 N–H and O–H groups in total. The van der Waals surface area contributed by atoms with Gasteiger partial charge in [0.05, 0.1) is 15.9 Å². The topological polar surface area (TPSA) is 143 Å². The van der Waals surface area contributed by atoms with Crippen molar-refractivity contribution < 1.29 is 30.3 Å². The Hall–Kier alpha value is -2.89. The molecule has 0 bridgehead atoms. The zero-order chi connectivity index (χ0) is 22.4. The summed E-state index contributed by atoms with van der Waals surface area (Å²) >= 11 is 6.15. The average Bonchev–Trinajstić information content (AvgIpc) is 2.66.